The van der Waals surface area contributed by atoms with Gasteiger partial charge in [0.25, 0.3) is 5.91 Å². The molecular formula is C21H24N4O4. The molecule has 0 aromatic carbocycles. The van der Waals surface area contributed by atoms with Crippen molar-refractivity contribution in [1.29, 1.82) is 0 Å². The Hall–Kier alpha value is -3.10. The predicted octanol–water partition coefficient (Wildman–Crippen LogP) is 0.640. The van der Waals surface area contributed by atoms with Gasteiger partial charge in [0.2, 0.25) is 5.91 Å². The van der Waals surface area contributed by atoms with Crippen LogP contribution in [0, 0.1) is 0 Å². The maximum Gasteiger partial charge on any atom is 0.251 e. The van der Waals surface area contributed by atoms with E-state index in [0.717, 1.165) is 12.0 Å². The van der Waals surface area contributed by atoms with E-state index in [-0.39, 0.29) is 24.8 Å². The van der Waals surface area contributed by atoms with E-state index in [1.165, 1.54) is 12.4 Å². The average Bonchev–Trinajstić information content (AvgIpc) is 2.76. The maximum atomic E-state index is 12.3. The van der Waals surface area contributed by atoms with E-state index in [1.54, 1.807) is 36.7 Å². The first-order chi connectivity index (χ1) is 14.2. The lowest BCUT2D eigenvalue weighted by molar-refractivity contribution is -0.125. The third-order valence-electron chi connectivity index (χ3n) is 4.58. The Labute approximate surface area is 169 Å². The number of hydrogen-bond donors (Lipinski definition) is 3. The number of nitrogens with zero attached hydrogens (tertiary/aromatic N) is 2. The zero-order valence-electron chi connectivity index (χ0n) is 15.9. The highest BCUT2D eigenvalue weighted by atomic mass is 16.5. The van der Waals surface area contributed by atoms with Crippen molar-refractivity contribution in [3.05, 3.63) is 72.3 Å². The van der Waals surface area contributed by atoms with Crippen LogP contribution < -0.4 is 10.6 Å². The lowest BCUT2D eigenvalue weighted by Gasteiger charge is -2.31. The van der Waals surface area contributed by atoms with Gasteiger partial charge in [0, 0.05) is 36.9 Å². The molecule has 1 aliphatic rings. The Morgan fingerprint density at radius 3 is 2.41 bits per heavy atom. The van der Waals surface area contributed by atoms with Crippen LogP contribution in [0.25, 0.3) is 0 Å². The molecule has 8 heteroatoms. The van der Waals surface area contributed by atoms with Gasteiger partial charge in [-0.2, -0.15) is 0 Å². The second-order valence-corrected chi connectivity index (χ2v) is 6.68. The van der Waals surface area contributed by atoms with Crippen LogP contribution in [0.1, 0.15) is 22.3 Å². The highest BCUT2D eigenvalue weighted by Crippen LogP contribution is 2.16. The van der Waals surface area contributed by atoms with Gasteiger partial charge in [-0.25, -0.2) is 0 Å². The summed E-state index contributed by atoms with van der Waals surface area (Å²) in [6, 6.07) is 6.55. The number of carbonyl (C=O) groups excluding carboxylic acids is 2. The molecule has 3 heterocycles. The van der Waals surface area contributed by atoms with E-state index >= 15 is 0 Å². The van der Waals surface area contributed by atoms with Crippen LogP contribution in [0.3, 0.4) is 0 Å². The summed E-state index contributed by atoms with van der Waals surface area (Å²) in [5, 5.41) is 15.3. The fourth-order valence-electron chi connectivity index (χ4n) is 3.02. The number of rotatable bonds is 8. The number of hydrogen-bond acceptors (Lipinski definition) is 6. The lowest BCUT2D eigenvalue weighted by Crippen LogP contribution is -2.49. The largest absolute Gasteiger partial charge is 0.394 e. The van der Waals surface area contributed by atoms with Crippen LogP contribution in [-0.2, 0) is 16.0 Å². The zero-order chi connectivity index (χ0) is 20.5. The Morgan fingerprint density at radius 1 is 1.03 bits per heavy atom. The molecular weight excluding hydrogens is 372 g/mol. The molecule has 0 bridgehead atoms. The fraction of sp³-hybridized carbons (Fsp3) is 0.333. The van der Waals surface area contributed by atoms with Crippen LogP contribution in [-0.4, -0.2) is 58.3 Å². The fourth-order valence-corrected chi connectivity index (χ4v) is 3.02. The highest BCUT2D eigenvalue weighted by molar-refractivity contribution is 5.94. The molecule has 0 spiro atoms. The molecule has 3 atom stereocenters. The standard InChI is InChI=1S/C21H24N4O4/c26-14-19-18(25-21(28)16-6-10-23-11-7-16)2-1-17(29-19)13-20(27)24-12-5-15-3-8-22-9-4-15/h1-4,6-11,17-19,26H,5,12-14H2,(H,24,27)(H,25,28)/t17-,18-,19-/m1/s1. The van der Waals surface area contributed by atoms with Crippen LogP contribution in [0.15, 0.2) is 61.2 Å². The van der Waals surface area contributed by atoms with Gasteiger partial charge in [0.05, 0.1) is 25.2 Å². The van der Waals surface area contributed by atoms with Crippen molar-refractivity contribution in [2.45, 2.75) is 31.1 Å². The molecule has 0 unspecified atom stereocenters. The number of pyridine rings is 2. The summed E-state index contributed by atoms with van der Waals surface area (Å²) < 4.78 is 5.79. The van der Waals surface area contributed by atoms with E-state index in [9.17, 15) is 14.7 Å². The van der Waals surface area contributed by atoms with E-state index in [0.29, 0.717) is 12.1 Å². The van der Waals surface area contributed by atoms with Gasteiger partial charge in [-0.05, 0) is 36.2 Å². The highest BCUT2D eigenvalue weighted by Gasteiger charge is 2.29. The molecule has 1 aliphatic heterocycles. The van der Waals surface area contributed by atoms with Gasteiger partial charge in [-0.1, -0.05) is 12.2 Å². The van der Waals surface area contributed by atoms with Crippen molar-refractivity contribution in [1.82, 2.24) is 20.6 Å². The molecule has 3 rings (SSSR count). The number of carbonyl (C=O) groups is 2. The van der Waals surface area contributed by atoms with Crippen molar-refractivity contribution >= 4 is 11.8 Å². The van der Waals surface area contributed by atoms with Gasteiger partial charge in [-0.3, -0.25) is 19.6 Å². The Balaban J connectivity index is 1.47. The topological polar surface area (TPSA) is 113 Å². The van der Waals surface area contributed by atoms with Crippen molar-refractivity contribution in [3.8, 4) is 0 Å². The summed E-state index contributed by atoms with van der Waals surface area (Å²) in [7, 11) is 0. The first kappa shape index (κ1) is 20.6. The predicted molar refractivity (Wildman–Crippen MR) is 106 cm³/mol. The molecule has 8 nitrogen and oxygen atoms in total. The number of aromatic nitrogens is 2. The van der Waals surface area contributed by atoms with Crippen LogP contribution in [0.2, 0.25) is 0 Å². The summed E-state index contributed by atoms with van der Waals surface area (Å²) in [4.78, 5) is 32.3. The quantitative estimate of drug-likeness (QED) is 0.565. The SMILES string of the molecule is O=C(C[C@H]1C=C[C@@H](NC(=O)c2ccncc2)[C@@H](CO)O1)NCCc1ccncc1. The maximum absolute atomic E-state index is 12.3. The first-order valence-electron chi connectivity index (χ1n) is 9.47. The van der Waals surface area contributed by atoms with Crippen LogP contribution in [0.4, 0.5) is 0 Å². The number of aliphatic hydroxyl groups excluding tert-OH is 1. The summed E-state index contributed by atoms with van der Waals surface area (Å²) in [5.74, 6) is -0.416. The minimum Gasteiger partial charge on any atom is -0.394 e. The summed E-state index contributed by atoms with van der Waals surface area (Å²) in [6.07, 6.45) is 9.80. The summed E-state index contributed by atoms with van der Waals surface area (Å²) in [5.41, 5.74) is 1.57. The third kappa shape index (κ3) is 6.20. The number of ether oxygens (including phenoxy) is 1. The smallest absolute Gasteiger partial charge is 0.251 e. The van der Waals surface area contributed by atoms with Gasteiger partial charge < -0.3 is 20.5 Å². The van der Waals surface area contributed by atoms with Gasteiger partial charge in [-0.15, -0.1) is 0 Å². The van der Waals surface area contributed by atoms with E-state index in [1.807, 2.05) is 12.1 Å². The Bertz CT molecular complexity index is 829. The number of nitrogens with one attached hydrogen (secondary N) is 2. The molecule has 0 saturated carbocycles. The molecule has 0 aliphatic carbocycles. The zero-order valence-corrected chi connectivity index (χ0v) is 15.9. The lowest BCUT2D eigenvalue weighted by atomic mass is 10.0. The van der Waals surface area contributed by atoms with Crippen molar-refractivity contribution in [2.75, 3.05) is 13.2 Å². The van der Waals surface area contributed by atoms with Gasteiger partial charge in [0.15, 0.2) is 0 Å². The minimum atomic E-state index is -0.625. The molecule has 29 heavy (non-hydrogen) atoms. The second-order valence-electron chi connectivity index (χ2n) is 6.68. The Kier molecular flexibility index (Phi) is 7.43. The Morgan fingerprint density at radius 2 is 1.72 bits per heavy atom. The molecule has 0 saturated heterocycles. The van der Waals surface area contributed by atoms with E-state index in [4.69, 9.17) is 4.74 Å². The van der Waals surface area contributed by atoms with E-state index < -0.39 is 18.2 Å². The van der Waals surface area contributed by atoms with Crippen molar-refractivity contribution in [2.24, 2.45) is 0 Å². The number of aliphatic hydroxyl groups is 1. The average molecular weight is 396 g/mol. The molecule has 0 radical (unpaired) electrons. The molecule has 2 amide bonds. The molecule has 3 N–H and O–H groups in total. The van der Waals surface area contributed by atoms with Crippen molar-refractivity contribution in [3.63, 3.8) is 0 Å². The summed E-state index contributed by atoms with van der Waals surface area (Å²) in [6.45, 7) is 0.249. The molecule has 2 aromatic heterocycles. The molecule has 2 aromatic rings. The molecule has 152 valence electrons. The van der Waals surface area contributed by atoms with E-state index in [2.05, 4.69) is 20.6 Å². The van der Waals surface area contributed by atoms with Gasteiger partial charge in [0.1, 0.15) is 6.10 Å². The number of amides is 2. The van der Waals surface area contributed by atoms with Crippen LogP contribution in [0.5, 0.6) is 0 Å². The second kappa shape index (κ2) is 10.4. The monoisotopic (exact) mass is 396 g/mol. The van der Waals surface area contributed by atoms with Gasteiger partial charge >= 0.3 is 0 Å². The first-order valence-corrected chi connectivity index (χ1v) is 9.47. The van der Waals surface area contributed by atoms with Crippen molar-refractivity contribution < 1.29 is 19.4 Å². The minimum absolute atomic E-state index is 0.135. The third-order valence-corrected chi connectivity index (χ3v) is 4.58. The molecule has 0 fully saturated rings. The summed E-state index contributed by atoms with van der Waals surface area (Å²) >= 11 is 0. The van der Waals surface area contributed by atoms with Crippen LogP contribution >= 0.6 is 0 Å². The normalized spacial score (nSPS) is 20.8.